The summed E-state index contributed by atoms with van der Waals surface area (Å²) in [4.78, 5) is 0. The number of methoxy groups -OCH3 is 1. The van der Waals surface area contributed by atoms with E-state index in [0.29, 0.717) is 5.92 Å². The van der Waals surface area contributed by atoms with Gasteiger partial charge in [0.05, 0.1) is 7.11 Å². The van der Waals surface area contributed by atoms with Crippen molar-refractivity contribution in [1.82, 2.24) is 14.8 Å². The highest BCUT2D eigenvalue weighted by Crippen LogP contribution is 2.29. The summed E-state index contributed by atoms with van der Waals surface area (Å²) in [5.41, 5.74) is 6.12. The molecule has 1 atom stereocenters. The van der Waals surface area contributed by atoms with Crippen molar-refractivity contribution in [3.05, 3.63) is 96.1 Å². The van der Waals surface area contributed by atoms with Crippen LogP contribution in [0.5, 0.6) is 5.75 Å². The first-order chi connectivity index (χ1) is 15.3. The number of fused-ring (bicyclic) bond motifs is 1. The first-order valence-corrected chi connectivity index (χ1v) is 10.7. The minimum atomic E-state index is 0.525. The minimum absolute atomic E-state index is 0.525. The van der Waals surface area contributed by atoms with E-state index in [0.717, 1.165) is 48.8 Å². The largest absolute Gasteiger partial charge is 0.497 e. The Hall–Kier alpha value is -3.60. The van der Waals surface area contributed by atoms with Crippen LogP contribution in [0.15, 0.2) is 79.1 Å². The van der Waals surface area contributed by atoms with Crippen LogP contribution >= 0.6 is 0 Å². The fourth-order valence-electron chi connectivity index (χ4n) is 4.27. The number of hydrogen-bond donors (Lipinski definition) is 1. The van der Waals surface area contributed by atoms with Gasteiger partial charge in [-0.2, -0.15) is 0 Å². The third-order valence-corrected chi connectivity index (χ3v) is 6.04. The second-order valence-corrected chi connectivity index (χ2v) is 8.04. The molecule has 0 amide bonds. The molecular formula is C26H26N4O. The monoisotopic (exact) mass is 410 g/mol. The molecule has 0 saturated heterocycles. The zero-order valence-electron chi connectivity index (χ0n) is 17.7. The van der Waals surface area contributed by atoms with Gasteiger partial charge in [-0.05, 0) is 59.0 Å². The molecule has 31 heavy (non-hydrogen) atoms. The number of rotatable bonds is 6. The Balaban J connectivity index is 1.23. The molecule has 0 aliphatic carbocycles. The molecule has 5 rings (SSSR count). The van der Waals surface area contributed by atoms with Crippen LogP contribution in [-0.4, -0.2) is 21.9 Å². The maximum atomic E-state index is 5.36. The third-order valence-electron chi connectivity index (χ3n) is 6.04. The summed E-state index contributed by atoms with van der Waals surface area (Å²) in [6.45, 7) is 1.75. The number of nitrogens with one attached hydrogen (secondary N) is 1. The fourth-order valence-corrected chi connectivity index (χ4v) is 4.27. The summed E-state index contributed by atoms with van der Waals surface area (Å²) >= 11 is 0. The van der Waals surface area contributed by atoms with Crippen LogP contribution in [0.25, 0.3) is 11.1 Å². The zero-order chi connectivity index (χ0) is 21.0. The van der Waals surface area contributed by atoms with Gasteiger partial charge in [-0.15, -0.1) is 10.2 Å². The topological polar surface area (TPSA) is 52.0 Å². The molecule has 0 radical (unpaired) electrons. The minimum Gasteiger partial charge on any atom is -0.497 e. The first-order valence-electron chi connectivity index (χ1n) is 10.7. The van der Waals surface area contributed by atoms with E-state index in [1.54, 1.807) is 7.11 Å². The molecule has 1 aliphatic heterocycles. The maximum Gasteiger partial charge on any atom is 0.132 e. The van der Waals surface area contributed by atoms with Gasteiger partial charge in [0.15, 0.2) is 0 Å². The highest BCUT2D eigenvalue weighted by molar-refractivity contribution is 5.66. The fraction of sp³-hybridized carbons (Fsp3) is 0.231. The molecular weight excluding hydrogens is 384 g/mol. The Morgan fingerprint density at radius 1 is 1.00 bits per heavy atom. The molecule has 0 saturated carbocycles. The SMILES string of the molecule is COc1cccc(-c2cccc(CNc3ccc(C4CCc5nncn5C4)cc3)c2)c1. The molecule has 4 aromatic rings. The van der Waals surface area contributed by atoms with E-state index in [1.807, 2.05) is 18.5 Å². The lowest BCUT2D eigenvalue weighted by molar-refractivity contribution is 0.415. The number of aryl methyl sites for hydroxylation is 1. The highest BCUT2D eigenvalue weighted by Gasteiger charge is 2.20. The van der Waals surface area contributed by atoms with Crippen LogP contribution < -0.4 is 10.1 Å². The number of aromatic nitrogens is 3. The van der Waals surface area contributed by atoms with Gasteiger partial charge in [0, 0.05) is 31.1 Å². The number of hydrogen-bond acceptors (Lipinski definition) is 4. The standard InChI is InChI=1S/C26H26N4O/c1-31-25-7-3-6-22(15-25)21-5-2-4-19(14-21)16-27-24-11-8-20(9-12-24)23-10-13-26-29-28-18-30(26)17-23/h2-9,11-12,14-15,18,23,27H,10,13,16-17H2,1H3. The van der Waals surface area contributed by atoms with Crippen LogP contribution in [0.3, 0.4) is 0 Å². The van der Waals surface area contributed by atoms with Gasteiger partial charge in [-0.3, -0.25) is 0 Å². The summed E-state index contributed by atoms with van der Waals surface area (Å²) in [7, 11) is 1.70. The quantitative estimate of drug-likeness (QED) is 0.469. The molecule has 1 unspecified atom stereocenters. The van der Waals surface area contributed by atoms with Crippen LogP contribution in [-0.2, 0) is 19.5 Å². The average molecular weight is 411 g/mol. The Morgan fingerprint density at radius 2 is 1.81 bits per heavy atom. The predicted octanol–water partition coefficient (Wildman–Crippen LogP) is 5.30. The van der Waals surface area contributed by atoms with E-state index < -0.39 is 0 Å². The summed E-state index contributed by atoms with van der Waals surface area (Å²) in [6.07, 6.45) is 3.97. The van der Waals surface area contributed by atoms with E-state index in [9.17, 15) is 0 Å². The summed E-state index contributed by atoms with van der Waals surface area (Å²) < 4.78 is 7.53. The van der Waals surface area contributed by atoms with Gasteiger partial charge >= 0.3 is 0 Å². The molecule has 0 spiro atoms. The van der Waals surface area contributed by atoms with Crippen LogP contribution in [0.2, 0.25) is 0 Å². The van der Waals surface area contributed by atoms with Crippen molar-refractivity contribution >= 4 is 5.69 Å². The number of nitrogens with zero attached hydrogens (tertiary/aromatic N) is 3. The molecule has 1 N–H and O–H groups in total. The Labute approximate surface area is 182 Å². The van der Waals surface area contributed by atoms with Crippen molar-refractivity contribution < 1.29 is 4.74 Å². The highest BCUT2D eigenvalue weighted by atomic mass is 16.5. The third kappa shape index (κ3) is 4.31. The Bertz CT molecular complexity index is 1170. The van der Waals surface area contributed by atoms with Crippen molar-refractivity contribution in [2.75, 3.05) is 12.4 Å². The Morgan fingerprint density at radius 3 is 2.65 bits per heavy atom. The van der Waals surface area contributed by atoms with Crippen molar-refractivity contribution in [3.63, 3.8) is 0 Å². The van der Waals surface area contributed by atoms with E-state index >= 15 is 0 Å². The van der Waals surface area contributed by atoms with Gasteiger partial charge in [0.1, 0.15) is 17.9 Å². The molecule has 0 bridgehead atoms. The smallest absolute Gasteiger partial charge is 0.132 e. The van der Waals surface area contributed by atoms with Gasteiger partial charge in [-0.1, -0.05) is 42.5 Å². The lowest BCUT2D eigenvalue weighted by atomic mass is 9.91. The number of ether oxygens (including phenoxy) is 1. The molecule has 5 heteroatoms. The van der Waals surface area contributed by atoms with Crippen LogP contribution in [0, 0.1) is 0 Å². The van der Waals surface area contributed by atoms with Crippen molar-refractivity contribution in [1.29, 1.82) is 0 Å². The van der Waals surface area contributed by atoms with E-state index in [1.165, 1.54) is 16.7 Å². The maximum absolute atomic E-state index is 5.36. The van der Waals surface area contributed by atoms with Crippen molar-refractivity contribution in [3.8, 4) is 16.9 Å². The zero-order valence-corrected chi connectivity index (χ0v) is 17.7. The molecule has 1 aliphatic rings. The van der Waals surface area contributed by atoms with E-state index in [-0.39, 0.29) is 0 Å². The summed E-state index contributed by atoms with van der Waals surface area (Å²) in [5.74, 6) is 2.50. The van der Waals surface area contributed by atoms with Crippen LogP contribution in [0.4, 0.5) is 5.69 Å². The second kappa shape index (κ2) is 8.64. The second-order valence-electron chi connectivity index (χ2n) is 8.04. The number of benzene rings is 3. The van der Waals surface area contributed by atoms with E-state index in [2.05, 4.69) is 80.7 Å². The lowest BCUT2D eigenvalue weighted by Crippen LogP contribution is -2.18. The predicted molar refractivity (Wildman–Crippen MR) is 123 cm³/mol. The van der Waals surface area contributed by atoms with E-state index in [4.69, 9.17) is 4.74 Å². The summed E-state index contributed by atoms with van der Waals surface area (Å²) in [5, 5.41) is 11.8. The van der Waals surface area contributed by atoms with Gasteiger partial charge in [0.25, 0.3) is 0 Å². The average Bonchev–Trinajstić information content (AvgIpc) is 3.31. The van der Waals surface area contributed by atoms with Crippen LogP contribution in [0.1, 0.15) is 29.3 Å². The van der Waals surface area contributed by atoms with Gasteiger partial charge in [-0.25, -0.2) is 0 Å². The Kier molecular flexibility index (Phi) is 5.40. The first kappa shape index (κ1) is 19.4. The lowest BCUT2D eigenvalue weighted by Gasteiger charge is -2.23. The number of anilines is 1. The molecule has 2 heterocycles. The van der Waals surface area contributed by atoms with Crippen molar-refractivity contribution in [2.45, 2.75) is 31.8 Å². The summed E-state index contributed by atoms with van der Waals surface area (Å²) in [6, 6.07) is 25.7. The molecule has 156 valence electrons. The normalized spacial score (nSPS) is 15.3. The molecule has 5 nitrogen and oxygen atoms in total. The van der Waals surface area contributed by atoms with Crippen molar-refractivity contribution in [2.24, 2.45) is 0 Å². The van der Waals surface area contributed by atoms with Gasteiger partial charge < -0.3 is 14.6 Å². The molecule has 0 fully saturated rings. The molecule has 3 aromatic carbocycles. The van der Waals surface area contributed by atoms with Gasteiger partial charge in [0.2, 0.25) is 0 Å². The molecule has 1 aromatic heterocycles.